The van der Waals surface area contributed by atoms with Crippen LogP contribution in [0.4, 0.5) is 4.79 Å². The molecule has 1 saturated carbocycles. The monoisotopic (exact) mass is 338 g/mol. The summed E-state index contributed by atoms with van der Waals surface area (Å²) in [5, 5.41) is 0. The molecule has 6 nitrogen and oxygen atoms in total. The molecule has 2 saturated heterocycles. The van der Waals surface area contributed by atoms with Gasteiger partial charge in [-0.2, -0.15) is 0 Å². The summed E-state index contributed by atoms with van der Waals surface area (Å²) in [6.07, 6.45) is 3.59. The Kier molecular flexibility index (Phi) is 3.90. The summed E-state index contributed by atoms with van der Waals surface area (Å²) in [7, 11) is 0. The van der Waals surface area contributed by atoms with Crippen molar-refractivity contribution in [3.05, 3.63) is 0 Å². The van der Waals surface area contributed by atoms with E-state index < -0.39 is 23.5 Å². The van der Waals surface area contributed by atoms with Crippen LogP contribution in [-0.2, 0) is 14.3 Å². The van der Waals surface area contributed by atoms with Crippen LogP contribution >= 0.6 is 0 Å². The first-order valence-corrected chi connectivity index (χ1v) is 8.99. The average Bonchev–Trinajstić information content (AvgIpc) is 2.52. The fraction of sp³-hybridized carbons (Fsp3) is 0.889. The normalized spacial score (nSPS) is 30.8. The molecule has 0 aromatic rings. The highest BCUT2D eigenvalue weighted by atomic mass is 16.6. The van der Waals surface area contributed by atoms with Gasteiger partial charge in [0.15, 0.2) is 0 Å². The van der Waals surface area contributed by atoms with Gasteiger partial charge in [-0.3, -0.25) is 9.69 Å². The second kappa shape index (κ2) is 5.35. The lowest BCUT2D eigenvalue weighted by Gasteiger charge is -2.59. The summed E-state index contributed by atoms with van der Waals surface area (Å²) >= 11 is 0. The topological polar surface area (TPSA) is 59.1 Å². The van der Waals surface area contributed by atoms with Crippen molar-refractivity contribution in [3.8, 4) is 0 Å². The number of rotatable bonds is 1. The highest BCUT2D eigenvalue weighted by molar-refractivity contribution is 5.88. The first-order valence-electron chi connectivity index (χ1n) is 8.99. The van der Waals surface area contributed by atoms with E-state index in [-0.39, 0.29) is 17.6 Å². The van der Waals surface area contributed by atoms with Crippen LogP contribution in [0, 0.1) is 0 Å². The second-order valence-corrected chi connectivity index (χ2v) is 8.88. The Balaban J connectivity index is 1.83. The predicted octanol–water partition coefficient (Wildman–Crippen LogP) is 2.90. The Morgan fingerprint density at radius 3 is 2.21 bits per heavy atom. The standard InChI is InChI=1S/C18H30N2O4/c1-12-13(14(21)19-11-10-18(19)8-7-9-18)20(17(5,6)23-12)15(22)24-16(2,3)4/h12-13H,7-11H2,1-6H3/t12-,13+/m1/s1. The molecular weight excluding hydrogens is 308 g/mol. The Morgan fingerprint density at radius 2 is 1.79 bits per heavy atom. The molecule has 24 heavy (non-hydrogen) atoms. The summed E-state index contributed by atoms with van der Waals surface area (Å²) in [6, 6.07) is -0.618. The molecule has 3 aliphatic rings. The van der Waals surface area contributed by atoms with E-state index in [4.69, 9.17) is 9.47 Å². The predicted molar refractivity (Wildman–Crippen MR) is 89.4 cm³/mol. The van der Waals surface area contributed by atoms with Gasteiger partial charge in [-0.15, -0.1) is 0 Å². The van der Waals surface area contributed by atoms with Crippen LogP contribution < -0.4 is 0 Å². The molecule has 0 N–H and O–H groups in total. The van der Waals surface area contributed by atoms with Gasteiger partial charge in [0.2, 0.25) is 5.91 Å². The molecule has 0 bridgehead atoms. The van der Waals surface area contributed by atoms with Gasteiger partial charge in [-0.25, -0.2) is 4.79 Å². The van der Waals surface area contributed by atoms with Crippen molar-refractivity contribution >= 4 is 12.0 Å². The van der Waals surface area contributed by atoms with E-state index in [1.54, 1.807) is 0 Å². The highest BCUT2D eigenvalue weighted by Gasteiger charge is 2.58. The van der Waals surface area contributed by atoms with Gasteiger partial charge in [-0.05, 0) is 67.2 Å². The zero-order valence-electron chi connectivity index (χ0n) is 15.7. The van der Waals surface area contributed by atoms with Crippen molar-refractivity contribution in [1.82, 2.24) is 9.80 Å². The summed E-state index contributed by atoms with van der Waals surface area (Å²) in [4.78, 5) is 29.4. The first-order chi connectivity index (χ1) is 11.0. The minimum absolute atomic E-state index is 0.00452. The molecule has 2 aliphatic heterocycles. The maximum atomic E-state index is 13.2. The third kappa shape index (κ3) is 2.68. The van der Waals surface area contributed by atoms with Crippen LogP contribution in [0.1, 0.15) is 67.2 Å². The van der Waals surface area contributed by atoms with Crippen molar-refractivity contribution in [1.29, 1.82) is 0 Å². The average molecular weight is 338 g/mol. The van der Waals surface area contributed by atoms with Crippen molar-refractivity contribution in [2.75, 3.05) is 6.54 Å². The van der Waals surface area contributed by atoms with Gasteiger partial charge in [-0.1, -0.05) is 0 Å². The summed E-state index contributed by atoms with van der Waals surface area (Å²) in [6.45, 7) is 11.8. The van der Waals surface area contributed by atoms with Gasteiger partial charge < -0.3 is 14.4 Å². The number of amides is 2. The van der Waals surface area contributed by atoms with E-state index in [1.807, 2.05) is 46.4 Å². The van der Waals surface area contributed by atoms with Crippen LogP contribution in [0.2, 0.25) is 0 Å². The van der Waals surface area contributed by atoms with E-state index >= 15 is 0 Å². The fourth-order valence-electron chi connectivity index (χ4n) is 4.23. The SMILES string of the molecule is C[C@H]1OC(C)(C)N(C(=O)OC(C)(C)C)[C@@H]1C(=O)N1CCC12CCC2. The quantitative estimate of drug-likeness (QED) is 0.738. The lowest BCUT2D eigenvalue weighted by molar-refractivity contribution is -0.161. The number of hydrogen-bond acceptors (Lipinski definition) is 4. The number of nitrogens with zero attached hydrogens (tertiary/aromatic N) is 2. The van der Waals surface area contributed by atoms with E-state index in [0.29, 0.717) is 0 Å². The molecule has 0 aromatic carbocycles. The maximum absolute atomic E-state index is 13.2. The molecule has 3 fully saturated rings. The summed E-state index contributed by atoms with van der Waals surface area (Å²) in [5.41, 5.74) is -1.42. The highest BCUT2D eigenvalue weighted by Crippen LogP contribution is 2.48. The van der Waals surface area contributed by atoms with Crippen LogP contribution in [0.25, 0.3) is 0 Å². The Hall–Kier alpha value is -1.30. The number of carbonyl (C=O) groups is 2. The minimum atomic E-state index is -0.861. The van der Waals surface area contributed by atoms with Crippen molar-refractivity contribution in [2.45, 2.75) is 96.2 Å². The van der Waals surface area contributed by atoms with Gasteiger partial charge in [0.25, 0.3) is 0 Å². The lowest BCUT2D eigenvalue weighted by atomic mass is 9.67. The third-order valence-corrected chi connectivity index (χ3v) is 5.54. The summed E-state index contributed by atoms with van der Waals surface area (Å²) < 4.78 is 11.5. The smallest absolute Gasteiger partial charge is 0.413 e. The molecule has 0 radical (unpaired) electrons. The molecule has 0 unspecified atom stereocenters. The molecule has 6 heteroatoms. The Morgan fingerprint density at radius 1 is 1.17 bits per heavy atom. The van der Waals surface area contributed by atoms with Crippen LogP contribution in [-0.4, -0.2) is 57.4 Å². The number of likely N-dealkylation sites (tertiary alicyclic amines) is 1. The molecule has 0 aromatic heterocycles. The van der Waals surface area contributed by atoms with Gasteiger partial charge in [0.05, 0.1) is 6.10 Å². The van der Waals surface area contributed by atoms with Crippen molar-refractivity contribution < 1.29 is 19.1 Å². The molecule has 1 aliphatic carbocycles. The number of carbonyl (C=O) groups excluding carboxylic acids is 2. The maximum Gasteiger partial charge on any atom is 0.413 e. The van der Waals surface area contributed by atoms with E-state index in [0.717, 1.165) is 25.8 Å². The lowest BCUT2D eigenvalue weighted by Crippen LogP contribution is -2.69. The van der Waals surface area contributed by atoms with Gasteiger partial charge in [0, 0.05) is 12.1 Å². The third-order valence-electron chi connectivity index (χ3n) is 5.54. The zero-order valence-corrected chi connectivity index (χ0v) is 15.7. The number of ether oxygens (including phenoxy) is 2. The molecule has 2 heterocycles. The van der Waals surface area contributed by atoms with Gasteiger partial charge in [0.1, 0.15) is 17.4 Å². The molecule has 1 spiro atoms. The van der Waals surface area contributed by atoms with Crippen LogP contribution in [0.5, 0.6) is 0 Å². The molecule has 3 rings (SSSR count). The molecule has 2 amide bonds. The zero-order chi connectivity index (χ0) is 17.9. The van der Waals surface area contributed by atoms with Crippen molar-refractivity contribution in [3.63, 3.8) is 0 Å². The van der Waals surface area contributed by atoms with Crippen LogP contribution in [0.15, 0.2) is 0 Å². The Labute approximate surface area is 144 Å². The van der Waals surface area contributed by atoms with E-state index in [2.05, 4.69) is 0 Å². The minimum Gasteiger partial charge on any atom is -0.444 e. The Bertz CT molecular complexity index is 542. The van der Waals surface area contributed by atoms with E-state index in [9.17, 15) is 9.59 Å². The number of hydrogen-bond donors (Lipinski definition) is 0. The first kappa shape index (κ1) is 17.5. The van der Waals surface area contributed by atoms with Crippen LogP contribution in [0.3, 0.4) is 0 Å². The van der Waals surface area contributed by atoms with Gasteiger partial charge >= 0.3 is 6.09 Å². The summed E-state index contributed by atoms with van der Waals surface area (Å²) in [5.74, 6) is 0.00452. The fourth-order valence-corrected chi connectivity index (χ4v) is 4.23. The largest absolute Gasteiger partial charge is 0.444 e. The molecule has 2 atom stereocenters. The van der Waals surface area contributed by atoms with E-state index in [1.165, 1.54) is 11.3 Å². The second-order valence-electron chi connectivity index (χ2n) is 8.88. The van der Waals surface area contributed by atoms with Crippen molar-refractivity contribution in [2.24, 2.45) is 0 Å². The molecule has 136 valence electrons. The molecular formula is C18H30N2O4.